The summed E-state index contributed by atoms with van der Waals surface area (Å²) in [5.41, 5.74) is 1.93. The molecule has 2 aromatic carbocycles. The van der Waals surface area contributed by atoms with E-state index < -0.39 is 11.7 Å². The second-order valence-corrected chi connectivity index (χ2v) is 9.18. The van der Waals surface area contributed by atoms with Crippen molar-refractivity contribution in [2.75, 3.05) is 5.32 Å². The lowest BCUT2D eigenvalue weighted by Crippen LogP contribution is -2.27. The van der Waals surface area contributed by atoms with Crippen molar-refractivity contribution in [2.45, 2.75) is 39.5 Å². The lowest BCUT2D eigenvalue weighted by Gasteiger charge is -2.20. The number of hydrogen-bond acceptors (Lipinski definition) is 3. The van der Waals surface area contributed by atoms with Crippen LogP contribution in [-0.2, 0) is 17.8 Å². The molecule has 0 atom stereocenters. The SMILES string of the molecule is CC(C)(C)OC(=O)Nc1cc(Br)cc2c1CN(Cc1cccc(Cl)c1Cl)C2=O. The molecule has 2 amide bonds. The average molecular weight is 486 g/mol. The van der Waals surface area contributed by atoms with Crippen LogP contribution in [0.1, 0.15) is 42.3 Å². The van der Waals surface area contributed by atoms with Gasteiger partial charge in [-0.2, -0.15) is 0 Å². The molecule has 0 unspecified atom stereocenters. The molecule has 0 radical (unpaired) electrons. The van der Waals surface area contributed by atoms with Crippen LogP contribution in [0.4, 0.5) is 10.5 Å². The summed E-state index contributed by atoms with van der Waals surface area (Å²) < 4.78 is 6.01. The van der Waals surface area contributed by atoms with Crippen molar-refractivity contribution in [3.05, 3.63) is 61.5 Å². The van der Waals surface area contributed by atoms with E-state index in [-0.39, 0.29) is 5.91 Å². The molecule has 3 rings (SSSR count). The molecule has 0 aromatic heterocycles. The minimum Gasteiger partial charge on any atom is -0.444 e. The first-order valence-electron chi connectivity index (χ1n) is 8.60. The average Bonchev–Trinajstić information content (AvgIpc) is 2.87. The number of rotatable bonds is 3. The zero-order valence-corrected chi connectivity index (χ0v) is 18.7. The lowest BCUT2D eigenvalue weighted by molar-refractivity contribution is 0.0635. The van der Waals surface area contributed by atoms with Crippen molar-refractivity contribution in [3.63, 3.8) is 0 Å². The molecule has 0 aliphatic carbocycles. The Kier molecular flexibility index (Phi) is 5.94. The molecule has 1 aliphatic heterocycles. The highest BCUT2D eigenvalue weighted by Crippen LogP contribution is 2.35. The fourth-order valence-corrected chi connectivity index (χ4v) is 3.80. The predicted octanol–water partition coefficient (Wildman–Crippen LogP) is 6.26. The number of nitrogens with one attached hydrogen (secondary N) is 1. The van der Waals surface area contributed by atoms with Gasteiger partial charge in [0.2, 0.25) is 0 Å². The maximum absolute atomic E-state index is 12.9. The second-order valence-electron chi connectivity index (χ2n) is 7.48. The minimum atomic E-state index is -0.621. The smallest absolute Gasteiger partial charge is 0.412 e. The van der Waals surface area contributed by atoms with E-state index in [0.29, 0.717) is 38.9 Å². The van der Waals surface area contributed by atoms with Crippen LogP contribution in [0.3, 0.4) is 0 Å². The zero-order valence-electron chi connectivity index (χ0n) is 15.6. The predicted molar refractivity (Wildman–Crippen MR) is 114 cm³/mol. The van der Waals surface area contributed by atoms with Gasteiger partial charge in [0.1, 0.15) is 5.60 Å². The van der Waals surface area contributed by atoms with Gasteiger partial charge in [-0.3, -0.25) is 10.1 Å². The maximum atomic E-state index is 12.9. The number of fused-ring (bicyclic) bond motifs is 1. The highest BCUT2D eigenvalue weighted by atomic mass is 79.9. The van der Waals surface area contributed by atoms with E-state index in [4.69, 9.17) is 27.9 Å². The summed E-state index contributed by atoms with van der Waals surface area (Å²) in [4.78, 5) is 26.8. The van der Waals surface area contributed by atoms with Crippen LogP contribution in [0.5, 0.6) is 0 Å². The van der Waals surface area contributed by atoms with Gasteiger partial charge in [0.25, 0.3) is 5.91 Å². The number of ether oxygens (including phenoxy) is 1. The molecule has 28 heavy (non-hydrogen) atoms. The summed E-state index contributed by atoms with van der Waals surface area (Å²) in [5.74, 6) is -0.139. The highest BCUT2D eigenvalue weighted by molar-refractivity contribution is 9.10. The Morgan fingerprint density at radius 1 is 1.29 bits per heavy atom. The Morgan fingerprint density at radius 3 is 2.68 bits per heavy atom. The quantitative estimate of drug-likeness (QED) is 0.558. The van der Waals surface area contributed by atoms with Crippen LogP contribution in [0.15, 0.2) is 34.8 Å². The third-order valence-electron chi connectivity index (χ3n) is 4.11. The van der Waals surface area contributed by atoms with E-state index in [0.717, 1.165) is 11.1 Å². The molecular formula is C20H19BrCl2N2O3. The van der Waals surface area contributed by atoms with Crippen LogP contribution >= 0.6 is 39.1 Å². The van der Waals surface area contributed by atoms with Crippen molar-refractivity contribution in [3.8, 4) is 0 Å². The maximum Gasteiger partial charge on any atom is 0.412 e. The van der Waals surface area contributed by atoms with Gasteiger partial charge in [0.15, 0.2) is 0 Å². The van der Waals surface area contributed by atoms with E-state index in [9.17, 15) is 9.59 Å². The Morgan fingerprint density at radius 2 is 2.00 bits per heavy atom. The van der Waals surface area contributed by atoms with E-state index in [1.165, 1.54) is 0 Å². The largest absolute Gasteiger partial charge is 0.444 e. The summed E-state index contributed by atoms with van der Waals surface area (Å²) >= 11 is 15.7. The lowest BCUT2D eigenvalue weighted by atomic mass is 10.1. The molecule has 0 saturated carbocycles. The summed E-state index contributed by atoms with van der Waals surface area (Å²) in [6.07, 6.45) is -0.573. The number of benzene rings is 2. The summed E-state index contributed by atoms with van der Waals surface area (Å²) in [7, 11) is 0. The highest BCUT2D eigenvalue weighted by Gasteiger charge is 2.31. The van der Waals surface area contributed by atoms with Gasteiger partial charge in [0, 0.05) is 28.7 Å². The molecule has 1 heterocycles. The number of anilines is 1. The van der Waals surface area contributed by atoms with Crippen molar-refractivity contribution in [2.24, 2.45) is 0 Å². The van der Waals surface area contributed by atoms with Crippen molar-refractivity contribution < 1.29 is 14.3 Å². The number of carbonyl (C=O) groups is 2. The van der Waals surface area contributed by atoms with Crippen molar-refractivity contribution in [1.29, 1.82) is 0 Å². The third-order valence-corrected chi connectivity index (χ3v) is 5.43. The Balaban J connectivity index is 1.86. The zero-order chi connectivity index (χ0) is 20.6. The van der Waals surface area contributed by atoms with Crippen LogP contribution in [0, 0.1) is 0 Å². The van der Waals surface area contributed by atoms with Gasteiger partial charge in [-0.15, -0.1) is 0 Å². The fraction of sp³-hybridized carbons (Fsp3) is 0.300. The summed E-state index contributed by atoms with van der Waals surface area (Å²) in [6.45, 7) is 6.03. The number of nitrogens with zero attached hydrogens (tertiary/aromatic N) is 1. The topological polar surface area (TPSA) is 58.6 Å². The van der Waals surface area contributed by atoms with Gasteiger partial charge in [-0.05, 0) is 44.5 Å². The van der Waals surface area contributed by atoms with E-state index in [1.807, 2.05) is 6.07 Å². The number of hydrogen-bond donors (Lipinski definition) is 1. The number of carbonyl (C=O) groups excluding carboxylic acids is 2. The molecule has 0 saturated heterocycles. The first kappa shape index (κ1) is 21.0. The molecule has 0 spiro atoms. The number of amides is 2. The van der Waals surface area contributed by atoms with Gasteiger partial charge < -0.3 is 9.64 Å². The van der Waals surface area contributed by atoms with Gasteiger partial charge in [0.05, 0.1) is 15.7 Å². The molecule has 5 nitrogen and oxygen atoms in total. The van der Waals surface area contributed by atoms with E-state index >= 15 is 0 Å². The van der Waals surface area contributed by atoms with Gasteiger partial charge >= 0.3 is 6.09 Å². The van der Waals surface area contributed by atoms with Gasteiger partial charge in [-0.1, -0.05) is 51.3 Å². The van der Waals surface area contributed by atoms with Crippen LogP contribution in [0.2, 0.25) is 10.0 Å². The molecule has 0 fully saturated rings. The first-order valence-corrected chi connectivity index (χ1v) is 10.1. The summed E-state index contributed by atoms with van der Waals surface area (Å²) in [6, 6.07) is 8.83. The van der Waals surface area contributed by atoms with Crippen molar-refractivity contribution in [1.82, 2.24) is 4.90 Å². The third kappa shape index (κ3) is 4.62. The van der Waals surface area contributed by atoms with Crippen LogP contribution in [-0.4, -0.2) is 22.5 Å². The minimum absolute atomic E-state index is 0.139. The number of halogens is 3. The van der Waals surface area contributed by atoms with Crippen LogP contribution in [0.25, 0.3) is 0 Å². The molecule has 1 N–H and O–H groups in total. The standard InChI is InChI=1S/C20H19BrCl2N2O3/c1-20(2,3)28-19(27)24-16-8-12(21)7-13-14(16)10-25(18(13)26)9-11-5-4-6-15(22)17(11)23/h4-8H,9-10H2,1-3H3,(H,24,27). The first-order chi connectivity index (χ1) is 13.0. The molecule has 2 aromatic rings. The molecular weight excluding hydrogens is 467 g/mol. The molecule has 148 valence electrons. The molecule has 1 aliphatic rings. The molecule has 8 heteroatoms. The Labute approximate surface area is 182 Å². The summed E-state index contributed by atoms with van der Waals surface area (Å²) in [5, 5.41) is 3.62. The monoisotopic (exact) mass is 484 g/mol. The Hall–Kier alpha value is -1.76. The normalized spacial score (nSPS) is 13.5. The van der Waals surface area contributed by atoms with Crippen LogP contribution < -0.4 is 5.32 Å². The van der Waals surface area contributed by atoms with E-state index in [2.05, 4.69) is 21.2 Å². The second kappa shape index (κ2) is 7.93. The van der Waals surface area contributed by atoms with E-state index in [1.54, 1.807) is 49.9 Å². The van der Waals surface area contributed by atoms with Crippen molar-refractivity contribution >= 4 is 56.8 Å². The van der Waals surface area contributed by atoms with Gasteiger partial charge in [-0.25, -0.2) is 4.79 Å². The fourth-order valence-electron chi connectivity index (χ4n) is 2.96. The Bertz CT molecular complexity index is 957. The molecule has 0 bridgehead atoms.